The second-order valence-electron chi connectivity index (χ2n) is 6.84. The highest BCUT2D eigenvalue weighted by atomic mass is 32.2. The number of aromatic nitrogens is 2. The van der Waals surface area contributed by atoms with Crippen LogP contribution in [0.2, 0.25) is 0 Å². The number of benzene rings is 3. The summed E-state index contributed by atoms with van der Waals surface area (Å²) >= 11 is 0. The number of sulfonamides is 1. The van der Waals surface area contributed by atoms with Crippen LogP contribution in [0, 0.1) is 0 Å². The average molecular weight is 430 g/mol. The van der Waals surface area contributed by atoms with Crippen LogP contribution in [0.15, 0.2) is 84.0 Å². The Balaban J connectivity index is 1.48. The molecule has 0 fully saturated rings. The summed E-state index contributed by atoms with van der Waals surface area (Å²) in [5.74, 6) is -1.16. The molecule has 1 N–H and O–H groups in total. The summed E-state index contributed by atoms with van der Waals surface area (Å²) < 4.78 is 26.8. The Morgan fingerprint density at radius 1 is 0.871 bits per heavy atom. The molecule has 4 aromatic rings. The van der Waals surface area contributed by atoms with Crippen molar-refractivity contribution in [3.05, 3.63) is 90.3 Å². The minimum Gasteiger partial charge on any atom is -0.322 e. The maximum Gasteiger partial charge on any atom is 0.273 e. The Bertz CT molecular complexity index is 1470. The van der Waals surface area contributed by atoms with Crippen LogP contribution in [-0.4, -0.2) is 30.2 Å². The molecule has 0 unspecified atom stereocenters. The van der Waals surface area contributed by atoms with Crippen LogP contribution in [0.3, 0.4) is 0 Å². The lowest BCUT2D eigenvalue weighted by molar-refractivity contribution is 0.100. The zero-order chi connectivity index (χ0) is 21.6. The van der Waals surface area contributed by atoms with Gasteiger partial charge < -0.3 is 5.32 Å². The van der Waals surface area contributed by atoms with Crippen LogP contribution < -0.4 is 9.62 Å². The lowest BCUT2D eigenvalue weighted by Crippen LogP contribution is -2.29. The topological polar surface area (TPSA) is 109 Å². The smallest absolute Gasteiger partial charge is 0.273 e. The molecule has 1 aromatic heterocycles. The van der Waals surface area contributed by atoms with Gasteiger partial charge in [-0.15, -0.1) is 0 Å². The molecule has 0 atom stereocenters. The summed E-state index contributed by atoms with van der Waals surface area (Å²) in [6.07, 6.45) is 3.13. The van der Waals surface area contributed by atoms with Crippen molar-refractivity contribution in [2.24, 2.45) is 0 Å². The summed E-state index contributed by atoms with van der Waals surface area (Å²) in [6, 6.07) is 17.2. The number of amides is 2. The lowest BCUT2D eigenvalue weighted by Gasteiger charge is -2.14. The Kier molecular flexibility index (Phi) is 4.26. The molecule has 5 rings (SSSR count). The van der Waals surface area contributed by atoms with E-state index in [2.05, 4.69) is 15.3 Å². The van der Waals surface area contributed by atoms with Gasteiger partial charge in [-0.1, -0.05) is 18.2 Å². The quantitative estimate of drug-likeness (QED) is 0.534. The number of hydrogen-bond acceptors (Lipinski definition) is 6. The lowest BCUT2D eigenvalue weighted by atomic mass is 10.1. The van der Waals surface area contributed by atoms with Crippen LogP contribution in [0.25, 0.3) is 11.0 Å². The van der Waals surface area contributed by atoms with Crippen LogP contribution in [0.4, 0.5) is 11.4 Å². The molecular formula is C22H14N4O4S. The van der Waals surface area contributed by atoms with E-state index in [-0.39, 0.29) is 21.7 Å². The first-order valence-electron chi connectivity index (χ1n) is 9.26. The number of carbonyl (C=O) groups is 2. The number of para-hydroxylation sites is 1. The molecule has 1 aliphatic rings. The third-order valence-electron chi connectivity index (χ3n) is 4.89. The van der Waals surface area contributed by atoms with Gasteiger partial charge in [-0.2, -0.15) is 4.31 Å². The maximum atomic E-state index is 13.0. The van der Waals surface area contributed by atoms with Crippen molar-refractivity contribution in [3.63, 3.8) is 0 Å². The van der Waals surface area contributed by atoms with Gasteiger partial charge in [0.15, 0.2) is 0 Å². The highest BCUT2D eigenvalue weighted by molar-refractivity contribution is 7.94. The number of hydrogen-bond donors (Lipinski definition) is 1. The van der Waals surface area contributed by atoms with E-state index in [0.29, 0.717) is 16.7 Å². The molecule has 152 valence electrons. The van der Waals surface area contributed by atoms with Gasteiger partial charge >= 0.3 is 0 Å². The van der Waals surface area contributed by atoms with Crippen molar-refractivity contribution in [3.8, 4) is 0 Å². The molecule has 3 aromatic carbocycles. The Morgan fingerprint density at radius 2 is 1.61 bits per heavy atom. The molecule has 9 heteroatoms. The van der Waals surface area contributed by atoms with Crippen molar-refractivity contribution in [1.82, 2.24) is 9.97 Å². The van der Waals surface area contributed by atoms with E-state index in [4.69, 9.17) is 0 Å². The van der Waals surface area contributed by atoms with Crippen molar-refractivity contribution in [2.75, 3.05) is 9.62 Å². The number of carbonyl (C=O) groups excluding carboxylic acids is 2. The van der Waals surface area contributed by atoms with E-state index in [1.807, 2.05) is 0 Å². The zero-order valence-electron chi connectivity index (χ0n) is 15.9. The third-order valence-corrected chi connectivity index (χ3v) is 6.65. The van der Waals surface area contributed by atoms with Gasteiger partial charge in [-0.25, -0.2) is 8.42 Å². The van der Waals surface area contributed by atoms with E-state index in [0.717, 1.165) is 4.31 Å². The van der Waals surface area contributed by atoms with Gasteiger partial charge in [0.05, 0.1) is 22.3 Å². The molecular weight excluding hydrogens is 416 g/mol. The average Bonchev–Trinajstić information content (AvgIpc) is 2.99. The molecule has 0 spiro atoms. The van der Waals surface area contributed by atoms with Gasteiger partial charge in [0.25, 0.3) is 21.8 Å². The summed E-state index contributed by atoms with van der Waals surface area (Å²) in [5.41, 5.74) is 2.17. The number of nitrogens with one attached hydrogen (secondary N) is 1. The summed E-state index contributed by atoms with van der Waals surface area (Å²) in [6.45, 7) is 0. The molecule has 0 saturated heterocycles. The Hall–Kier alpha value is -4.11. The summed E-state index contributed by atoms with van der Waals surface area (Å²) in [7, 11) is -4.12. The fourth-order valence-corrected chi connectivity index (χ4v) is 5.06. The minimum absolute atomic E-state index is 0.0291. The fraction of sp³-hybridized carbons (Fsp3) is 0. The van der Waals surface area contributed by atoms with Gasteiger partial charge in [0.2, 0.25) is 0 Å². The van der Waals surface area contributed by atoms with Gasteiger partial charge in [0.1, 0.15) is 4.90 Å². The van der Waals surface area contributed by atoms with Crippen LogP contribution >= 0.6 is 0 Å². The first-order chi connectivity index (χ1) is 14.9. The van der Waals surface area contributed by atoms with Crippen molar-refractivity contribution < 1.29 is 18.0 Å². The predicted octanol–water partition coefficient (Wildman–Crippen LogP) is 3.23. The normalized spacial score (nSPS) is 14.5. The molecule has 0 radical (unpaired) electrons. The molecule has 1 aliphatic heterocycles. The molecule has 31 heavy (non-hydrogen) atoms. The SMILES string of the molecule is O=C(Nc1ccc2nccnc2c1)c1ccc2c(c1)S(=O)(=O)N(c1ccccc1)C2=O. The monoisotopic (exact) mass is 430 g/mol. The van der Waals surface area contributed by atoms with Gasteiger partial charge in [-0.05, 0) is 48.5 Å². The standard InChI is InChI=1S/C22H14N4O4S/c27-21(25-15-7-9-18-19(13-15)24-11-10-23-18)14-6-8-17-20(12-14)31(29,30)26(22(17)28)16-4-2-1-3-5-16/h1-13H,(H,25,27). The highest BCUT2D eigenvalue weighted by Crippen LogP contribution is 2.35. The Labute approximate surface area is 177 Å². The minimum atomic E-state index is -4.12. The van der Waals surface area contributed by atoms with Gasteiger partial charge in [0, 0.05) is 23.6 Å². The predicted molar refractivity (Wildman–Crippen MR) is 114 cm³/mol. The first kappa shape index (κ1) is 18.9. The van der Waals surface area contributed by atoms with Crippen molar-refractivity contribution >= 4 is 44.2 Å². The summed E-state index contributed by atoms with van der Waals surface area (Å²) in [5, 5.41) is 2.72. The van der Waals surface area contributed by atoms with E-state index < -0.39 is 21.8 Å². The highest BCUT2D eigenvalue weighted by Gasteiger charge is 2.42. The zero-order valence-corrected chi connectivity index (χ0v) is 16.7. The fourth-order valence-electron chi connectivity index (χ4n) is 3.43. The van der Waals surface area contributed by atoms with E-state index in [9.17, 15) is 18.0 Å². The second-order valence-corrected chi connectivity index (χ2v) is 8.59. The van der Waals surface area contributed by atoms with Crippen molar-refractivity contribution in [2.45, 2.75) is 4.90 Å². The molecule has 2 heterocycles. The molecule has 2 amide bonds. The van der Waals surface area contributed by atoms with Crippen LogP contribution in [0.1, 0.15) is 20.7 Å². The van der Waals surface area contributed by atoms with Crippen LogP contribution in [-0.2, 0) is 10.0 Å². The summed E-state index contributed by atoms with van der Waals surface area (Å²) in [4.78, 5) is 33.7. The third kappa shape index (κ3) is 3.11. The molecule has 0 aliphatic carbocycles. The van der Waals surface area contributed by atoms with E-state index in [1.54, 1.807) is 48.8 Å². The number of rotatable bonds is 3. The van der Waals surface area contributed by atoms with E-state index >= 15 is 0 Å². The maximum absolute atomic E-state index is 13.0. The van der Waals surface area contributed by atoms with E-state index in [1.165, 1.54) is 30.3 Å². The first-order valence-corrected chi connectivity index (χ1v) is 10.7. The van der Waals surface area contributed by atoms with Gasteiger partial charge in [-0.3, -0.25) is 19.6 Å². The molecule has 8 nitrogen and oxygen atoms in total. The number of anilines is 2. The number of nitrogens with zero attached hydrogens (tertiary/aromatic N) is 3. The van der Waals surface area contributed by atoms with Crippen molar-refractivity contribution in [1.29, 1.82) is 0 Å². The second kappa shape index (κ2) is 6.99. The largest absolute Gasteiger partial charge is 0.322 e. The molecule has 0 bridgehead atoms. The number of fused-ring (bicyclic) bond motifs is 2. The van der Waals surface area contributed by atoms with Crippen LogP contribution in [0.5, 0.6) is 0 Å². The Morgan fingerprint density at radius 3 is 2.39 bits per heavy atom. The molecule has 0 saturated carbocycles.